The highest BCUT2D eigenvalue weighted by Crippen LogP contribution is 2.66. The van der Waals surface area contributed by atoms with Gasteiger partial charge in [-0.25, -0.2) is 0 Å². The first kappa shape index (κ1) is 26.2. The lowest BCUT2D eigenvalue weighted by atomic mass is 9.61. The Bertz CT molecular complexity index is 820. The summed E-state index contributed by atoms with van der Waals surface area (Å²) in [6.07, 6.45) is 3.59. The number of aliphatic hydroxyl groups excluding tert-OH is 2. The molecule has 7 heteroatoms. The van der Waals surface area contributed by atoms with Crippen LogP contribution in [0.4, 0.5) is 0 Å². The molecule has 0 aromatic heterocycles. The highest BCUT2D eigenvalue weighted by atomic mass is 16.6. The number of carbonyl (C=O) groups excluding carboxylic acids is 2. The van der Waals surface area contributed by atoms with Gasteiger partial charge in [0.1, 0.15) is 11.6 Å². The minimum Gasteiger partial charge on any atom is -0.396 e. The summed E-state index contributed by atoms with van der Waals surface area (Å²) < 4.78 is 6.04. The van der Waals surface area contributed by atoms with E-state index in [-0.39, 0.29) is 53.9 Å². The number of Topliss-reactive ketones (excluding diaryl/α,β-unsaturated/α-hetero) is 2. The smallest absolute Gasteiger partial charge is 0.188 e. The van der Waals surface area contributed by atoms with Crippen molar-refractivity contribution in [2.75, 3.05) is 6.61 Å². The van der Waals surface area contributed by atoms with Crippen LogP contribution in [0.15, 0.2) is 0 Å². The van der Waals surface area contributed by atoms with Crippen molar-refractivity contribution in [2.45, 2.75) is 110 Å². The van der Waals surface area contributed by atoms with Crippen molar-refractivity contribution < 1.29 is 34.8 Å². The molecule has 34 heavy (non-hydrogen) atoms. The molecular formula is C27H44O7. The predicted octanol–water partition coefficient (Wildman–Crippen LogP) is 2.61. The van der Waals surface area contributed by atoms with E-state index in [0.717, 1.165) is 19.3 Å². The van der Waals surface area contributed by atoms with E-state index in [4.69, 9.17) is 4.74 Å². The van der Waals surface area contributed by atoms with Crippen LogP contribution in [0.2, 0.25) is 0 Å². The number of ketones is 2. The van der Waals surface area contributed by atoms with Crippen LogP contribution in [0.5, 0.6) is 0 Å². The highest BCUT2D eigenvalue weighted by Gasteiger charge is 2.75. The Labute approximate surface area is 203 Å². The predicted molar refractivity (Wildman–Crippen MR) is 126 cm³/mol. The third-order valence-corrected chi connectivity index (χ3v) is 10.5. The van der Waals surface area contributed by atoms with Gasteiger partial charge in [-0.3, -0.25) is 9.59 Å². The first-order chi connectivity index (χ1) is 15.7. The minimum absolute atomic E-state index is 0.0118. The number of rotatable bonds is 8. The van der Waals surface area contributed by atoms with Gasteiger partial charge in [0.05, 0.1) is 29.1 Å². The van der Waals surface area contributed by atoms with E-state index in [2.05, 4.69) is 13.8 Å². The van der Waals surface area contributed by atoms with E-state index in [1.54, 1.807) is 20.8 Å². The Kier molecular flexibility index (Phi) is 6.64. The molecule has 10 atom stereocenters. The molecule has 0 spiro atoms. The molecule has 4 N–H and O–H groups in total. The van der Waals surface area contributed by atoms with E-state index in [1.165, 1.54) is 0 Å². The topological polar surface area (TPSA) is 124 Å². The number of aliphatic hydroxyl groups is 4. The van der Waals surface area contributed by atoms with Crippen molar-refractivity contribution in [2.24, 2.45) is 40.4 Å². The zero-order chi connectivity index (χ0) is 25.3. The molecule has 2 saturated heterocycles. The molecule has 2 saturated carbocycles. The maximum absolute atomic E-state index is 14.0. The summed E-state index contributed by atoms with van der Waals surface area (Å²) in [6, 6.07) is 0. The fraction of sp³-hybridized carbons (Fsp3) is 0.926. The Morgan fingerprint density at radius 1 is 1.15 bits per heavy atom. The monoisotopic (exact) mass is 480 g/mol. The van der Waals surface area contributed by atoms with Crippen LogP contribution in [0.3, 0.4) is 0 Å². The second kappa shape index (κ2) is 8.62. The SMILES string of the molecule is C[C@H](CC[C@@H](O)C(C)(C)O)[C@H]1CC[C@@H]([C@H]2C(=O)[C@@]3(C)CCC4CC(=O)C2C3(O)O4)[C@]1(C)CCO. The fourth-order valence-corrected chi connectivity index (χ4v) is 8.28. The molecule has 2 heterocycles. The molecule has 194 valence electrons. The van der Waals surface area contributed by atoms with Crippen LogP contribution in [0, 0.1) is 40.4 Å². The summed E-state index contributed by atoms with van der Waals surface area (Å²) in [7, 11) is 0. The number of hydrogen-bond acceptors (Lipinski definition) is 7. The maximum atomic E-state index is 14.0. The summed E-state index contributed by atoms with van der Waals surface area (Å²) in [5.41, 5.74) is -2.62. The Morgan fingerprint density at radius 3 is 2.44 bits per heavy atom. The Morgan fingerprint density at radius 2 is 1.82 bits per heavy atom. The maximum Gasteiger partial charge on any atom is 0.188 e. The molecule has 2 bridgehead atoms. The lowest BCUT2D eigenvalue weighted by molar-refractivity contribution is -0.324. The molecule has 0 aromatic rings. The van der Waals surface area contributed by atoms with Crippen molar-refractivity contribution in [1.82, 2.24) is 0 Å². The van der Waals surface area contributed by atoms with Gasteiger partial charge in [-0.15, -0.1) is 0 Å². The molecule has 3 unspecified atom stereocenters. The van der Waals surface area contributed by atoms with Crippen molar-refractivity contribution in [3.63, 3.8) is 0 Å². The van der Waals surface area contributed by atoms with Gasteiger partial charge in [-0.05, 0) is 88.9 Å². The average Bonchev–Trinajstić information content (AvgIpc) is 3.16. The summed E-state index contributed by atoms with van der Waals surface area (Å²) >= 11 is 0. The van der Waals surface area contributed by atoms with Gasteiger partial charge in [0.2, 0.25) is 0 Å². The summed E-state index contributed by atoms with van der Waals surface area (Å²) in [5.74, 6) is -2.99. The molecule has 4 fully saturated rings. The van der Waals surface area contributed by atoms with E-state index < -0.39 is 34.7 Å². The second-order valence-corrected chi connectivity index (χ2v) is 12.8. The largest absolute Gasteiger partial charge is 0.396 e. The summed E-state index contributed by atoms with van der Waals surface area (Å²) in [4.78, 5) is 27.3. The lowest BCUT2D eigenvalue weighted by Gasteiger charge is -2.50. The number of ether oxygens (including phenoxy) is 1. The van der Waals surface area contributed by atoms with E-state index >= 15 is 0 Å². The second-order valence-electron chi connectivity index (χ2n) is 12.8. The van der Waals surface area contributed by atoms with Crippen LogP contribution >= 0.6 is 0 Å². The van der Waals surface area contributed by atoms with Crippen LogP contribution in [-0.4, -0.2) is 62.2 Å². The third kappa shape index (κ3) is 3.73. The van der Waals surface area contributed by atoms with E-state index in [9.17, 15) is 30.0 Å². The zero-order valence-corrected chi connectivity index (χ0v) is 21.4. The minimum atomic E-state index is -1.73. The first-order valence-electron chi connectivity index (χ1n) is 13.2. The number of fused-ring (bicyclic) bond motifs is 1. The van der Waals surface area contributed by atoms with E-state index in [1.807, 2.05) is 0 Å². The van der Waals surface area contributed by atoms with Crippen LogP contribution in [0.1, 0.15) is 86.0 Å². The quantitative estimate of drug-likeness (QED) is 0.421. The van der Waals surface area contributed by atoms with Gasteiger partial charge in [0, 0.05) is 18.9 Å². The molecule has 0 radical (unpaired) electrons. The van der Waals surface area contributed by atoms with Crippen LogP contribution < -0.4 is 0 Å². The number of carbonyl (C=O) groups is 2. The molecule has 4 aliphatic rings. The average molecular weight is 481 g/mol. The van der Waals surface area contributed by atoms with Gasteiger partial charge in [-0.1, -0.05) is 13.8 Å². The summed E-state index contributed by atoms with van der Waals surface area (Å²) in [6.45, 7) is 9.25. The van der Waals surface area contributed by atoms with E-state index in [0.29, 0.717) is 25.7 Å². The summed E-state index contributed by atoms with van der Waals surface area (Å²) in [5, 5.41) is 42.1. The molecule has 0 aromatic carbocycles. The highest BCUT2D eigenvalue weighted by molar-refractivity contribution is 5.99. The molecule has 7 nitrogen and oxygen atoms in total. The molecular weight excluding hydrogens is 436 g/mol. The normalized spacial score (nSPS) is 46.1. The number of hydrogen-bond donors (Lipinski definition) is 4. The lowest BCUT2D eigenvalue weighted by Crippen LogP contribution is -2.61. The molecule has 2 aliphatic carbocycles. The van der Waals surface area contributed by atoms with Gasteiger partial charge in [-0.2, -0.15) is 0 Å². The molecule has 4 rings (SSSR count). The van der Waals surface area contributed by atoms with Gasteiger partial charge in [0.15, 0.2) is 5.79 Å². The zero-order valence-electron chi connectivity index (χ0n) is 21.4. The Hall–Kier alpha value is -0.860. The Balaban J connectivity index is 1.63. The van der Waals surface area contributed by atoms with Crippen molar-refractivity contribution in [3.05, 3.63) is 0 Å². The van der Waals surface area contributed by atoms with Gasteiger partial charge in [0.25, 0.3) is 0 Å². The van der Waals surface area contributed by atoms with Crippen LogP contribution in [0.25, 0.3) is 0 Å². The first-order valence-corrected chi connectivity index (χ1v) is 13.2. The molecule has 2 aliphatic heterocycles. The third-order valence-electron chi connectivity index (χ3n) is 10.5. The van der Waals surface area contributed by atoms with Crippen molar-refractivity contribution >= 4 is 11.6 Å². The fourth-order valence-electron chi connectivity index (χ4n) is 8.28. The van der Waals surface area contributed by atoms with Crippen molar-refractivity contribution in [3.8, 4) is 0 Å². The standard InChI is InChI=1S/C27H44O7/c1-15(6-9-20(30)24(2,3)32)17-7-8-18(25(17,4)12-13-28)21-22-19(29)14-16-10-11-26(5,23(21)31)27(22,33)34-16/h15-18,20-22,28,30,32-33H,6-14H2,1-5H3/t15-,16?,17-,18+,20-,21-,22?,25-,26-,27?/m1/s1. The van der Waals surface area contributed by atoms with Gasteiger partial charge >= 0.3 is 0 Å². The van der Waals surface area contributed by atoms with Crippen molar-refractivity contribution in [1.29, 1.82) is 0 Å². The van der Waals surface area contributed by atoms with Gasteiger partial charge < -0.3 is 25.2 Å². The van der Waals surface area contributed by atoms with Crippen LogP contribution in [-0.2, 0) is 14.3 Å². The molecule has 0 amide bonds.